The highest BCUT2D eigenvalue weighted by Gasteiger charge is 2.23. The second-order valence-corrected chi connectivity index (χ2v) is 11.6. The van der Waals surface area contributed by atoms with Gasteiger partial charge in [0.1, 0.15) is 0 Å². The average Bonchev–Trinajstić information content (AvgIpc) is 3.35. The van der Waals surface area contributed by atoms with Crippen molar-refractivity contribution in [1.29, 1.82) is 0 Å². The summed E-state index contributed by atoms with van der Waals surface area (Å²) in [5, 5.41) is 1.41. The van der Waals surface area contributed by atoms with Gasteiger partial charge in [0, 0.05) is 75.2 Å². The van der Waals surface area contributed by atoms with Crippen LogP contribution in [-0.4, -0.2) is 71.0 Å². The summed E-state index contributed by atoms with van der Waals surface area (Å²) in [4.78, 5) is 31.6. The number of carbonyl (C=O) groups is 1. The molecule has 2 fully saturated rings. The topological polar surface area (TPSA) is 84.8 Å². The first-order chi connectivity index (χ1) is 20.0. The number of rotatable bonds is 12. The lowest BCUT2D eigenvalue weighted by Crippen LogP contribution is -2.40. The van der Waals surface area contributed by atoms with E-state index in [0.29, 0.717) is 24.0 Å². The molecule has 41 heavy (non-hydrogen) atoms. The summed E-state index contributed by atoms with van der Waals surface area (Å²) >= 11 is 0. The molecule has 0 radical (unpaired) electrons. The van der Waals surface area contributed by atoms with Crippen molar-refractivity contribution in [3.8, 4) is 0 Å². The predicted octanol–water partition coefficient (Wildman–Crippen LogP) is 5.12. The molecule has 4 heterocycles. The van der Waals surface area contributed by atoms with Gasteiger partial charge in [0.25, 0.3) is 5.91 Å². The van der Waals surface area contributed by atoms with E-state index in [4.69, 9.17) is 9.57 Å². The van der Waals surface area contributed by atoms with Crippen LogP contribution in [0, 0.1) is 12.8 Å². The Labute approximate surface area is 244 Å². The highest BCUT2D eigenvalue weighted by molar-refractivity contribution is 5.92. The van der Waals surface area contributed by atoms with Crippen molar-refractivity contribution in [3.05, 3.63) is 53.5 Å². The first kappa shape index (κ1) is 29.5. The van der Waals surface area contributed by atoms with E-state index in [2.05, 4.69) is 75.0 Å². The molecule has 0 bridgehead atoms. The average molecular weight is 563 g/mol. The number of carbonyl (C=O) groups excluding carboxylic acids is 1. The van der Waals surface area contributed by atoms with Crippen molar-refractivity contribution in [2.24, 2.45) is 5.92 Å². The molecule has 1 amide bonds. The summed E-state index contributed by atoms with van der Waals surface area (Å²) in [6, 6.07) is 6.87. The van der Waals surface area contributed by atoms with Crippen LogP contribution >= 0.6 is 0 Å². The fourth-order valence-electron chi connectivity index (χ4n) is 6.02. The Balaban J connectivity index is 1.08. The van der Waals surface area contributed by atoms with E-state index in [9.17, 15) is 4.79 Å². The lowest BCUT2D eigenvalue weighted by atomic mass is 9.96. The fourth-order valence-corrected chi connectivity index (χ4v) is 6.02. The normalized spacial score (nSPS) is 18.3. The number of aromatic nitrogens is 3. The van der Waals surface area contributed by atoms with Crippen LogP contribution in [0.1, 0.15) is 73.9 Å². The molecule has 1 unspecified atom stereocenters. The highest BCUT2D eigenvalue weighted by Crippen LogP contribution is 2.25. The Morgan fingerprint density at radius 2 is 1.95 bits per heavy atom. The third kappa shape index (κ3) is 7.64. The second-order valence-electron chi connectivity index (χ2n) is 11.6. The van der Waals surface area contributed by atoms with E-state index in [0.717, 1.165) is 84.2 Å². The largest absolute Gasteiger partial charge is 0.350 e. The maximum atomic E-state index is 12.4. The van der Waals surface area contributed by atoms with Gasteiger partial charge >= 0.3 is 0 Å². The smallest absolute Gasteiger partial charge is 0.278 e. The molecule has 1 atom stereocenters. The zero-order chi connectivity index (χ0) is 28.6. The molecule has 2 aliphatic rings. The molecule has 2 aromatic heterocycles. The van der Waals surface area contributed by atoms with E-state index in [1.807, 2.05) is 0 Å². The number of fused-ring (bicyclic) bond motifs is 1. The number of benzene rings is 1. The van der Waals surface area contributed by atoms with Crippen molar-refractivity contribution in [3.63, 3.8) is 0 Å². The van der Waals surface area contributed by atoms with Crippen molar-refractivity contribution < 1.29 is 14.4 Å². The molecule has 9 nitrogen and oxygen atoms in total. The number of piperidine rings is 1. The Bertz CT molecular complexity index is 1260. The van der Waals surface area contributed by atoms with Crippen molar-refractivity contribution >= 4 is 22.8 Å². The van der Waals surface area contributed by atoms with Crippen LogP contribution in [0.25, 0.3) is 10.9 Å². The quantitative estimate of drug-likeness (QED) is 0.307. The molecular weight excluding hydrogens is 516 g/mol. The minimum atomic E-state index is -0.380. The molecule has 0 aliphatic carbocycles. The van der Waals surface area contributed by atoms with Crippen LogP contribution in [0.5, 0.6) is 0 Å². The zero-order valence-corrected chi connectivity index (χ0v) is 25.0. The van der Waals surface area contributed by atoms with Gasteiger partial charge in [0.2, 0.25) is 5.95 Å². The maximum Gasteiger partial charge on any atom is 0.278 e. The molecule has 9 heteroatoms. The molecule has 0 spiro atoms. The molecule has 222 valence electrons. The van der Waals surface area contributed by atoms with Gasteiger partial charge in [-0.1, -0.05) is 26.0 Å². The number of likely N-dealkylation sites (N-methyl/N-ethyl adjacent to an activating group) is 1. The maximum absolute atomic E-state index is 12.4. The van der Waals surface area contributed by atoms with Gasteiger partial charge in [0.15, 0.2) is 6.29 Å². The summed E-state index contributed by atoms with van der Waals surface area (Å²) in [5.74, 6) is 0.996. The van der Waals surface area contributed by atoms with E-state index >= 15 is 0 Å². The van der Waals surface area contributed by atoms with E-state index in [1.54, 1.807) is 12.4 Å². The SMILES string of the molecule is CCCn1cc(CCN(CC)CC2CCN(c3ncc(C(=O)NOC4CCCCO4)cn3)CC2)c2ccc(C)cc21. The third-order valence-electron chi connectivity index (χ3n) is 8.46. The lowest BCUT2D eigenvalue weighted by Gasteiger charge is -2.34. The molecule has 1 aromatic carbocycles. The van der Waals surface area contributed by atoms with Gasteiger partial charge < -0.3 is 19.1 Å². The summed E-state index contributed by atoms with van der Waals surface area (Å²) in [7, 11) is 0. The molecule has 0 saturated carbocycles. The van der Waals surface area contributed by atoms with Crippen LogP contribution < -0.4 is 10.4 Å². The minimum Gasteiger partial charge on any atom is -0.350 e. The van der Waals surface area contributed by atoms with Gasteiger partial charge in [-0.25, -0.2) is 20.3 Å². The highest BCUT2D eigenvalue weighted by atomic mass is 16.8. The zero-order valence-electron chi connectivity index (χ0n) is 25.0. The van der Waals surface area contributed by atoms with E-state index in [-0.39, 0.29) is 12.2 Å². The number of hydrogen-bond donors (Lipinski definition) is 1. The molecule has 5 rings (SSSR count). The Kier molecular flexibility index (Phi) is 10.2. The van der Waals surface area contributed by atoms with Crippen LogP contribution in [0.3, 0.4) is 0 Å². The predicted molar refractivity (Wildman–Crippen MR) is 162 cm³/mol. The molecular formula is C32H46N6O3. The molecule has 3 aromatic rings. The Morgan fingerprint density at radius 3 is 2.66 bits per heavy atom. The monoisotopic (exact) mass is 562 g/mol. The van der Waals surface area contributed by atoms with Gasteiger partial charge in [-0.15, -0.1) is 0 Å². The number of nitrogens with zero attached hydrogens (tertiary/aromatic N) is 5. The summed E-state index contributed by atoms with van der Waals surface area (Å²) in [6.07, 6.45) is 12.5. The van der Waals surface area contributed by atoms with Gasteiger partial charge in [-0.2, -0.15) is 0 Å². The van der Waals surface area contributed by atoms with Crippen molar-refractivity contribution in [1.82, 2.24) is 24.9 Å². The van der Waals surface area contributed by atoms with Crippen LogP contribution in [0.2, 0.25) is 0 Å². The Hall–Kier alpha value is -3.01. The van der Waals surface area contributed by atoms with Gasteiger partial charge in [-0.3, -0.25) is 4.79 Å². The molecule has 2 saturated heterocycles. The molecule has 1 N–H and O–H groups in total. The number of nitrogens with one attached hydrogen (secondary N) is 1. The summed E-state index contributed by atoms with van der Waals surface area (Å²) in [5.41, 5.74) is 7.01. The lowest BCUT2D eigenvalue weighted by molar-refractivity contribution is -0.186. The van der Waals surface area contributed by atoms with Crippen LogP contribution in [-0.2, 0) is 22.5 Å². The summed E-state index contributed by atoms with van der Waals surface area (Å²) in [6.45, 7) is 13.6. The number of anilines is 1. The Morgan fingerprint density at radius 1 is 1.15 bits per heavy atom. The van der Waals surface area contributed by atoms with Crippen LogP contribution in [0.4, 0.5) is 5.95 Å². The number of hydrogen-bond acceptors (Lipinski definition) is 7. The van der Waals surface area contributed by atoms with E-state index in [1.165, 1.54) is 22.0 Å². The van der Waals surface area contributed by atoms with E-state index < -0.39 is 0 Å². The first-order valence-corrected chi connectivity index (χ1v) is 15.5. The second kappa shape index (κ2) is 14.2. The van der Waals surface area contributed by atoms with Crippen molar-refractivity contribution in [2.75, 3.05) is 44.2 Å². The number of ether oxygens (including phenoxy) is 1. The first-order valence-electron chi connectivity index (χ1n) is 15.5. The van der Waals surface area contributed by atoms with Gasteiger partial charge in [-0.05, 0) is 75.1 Å². The number of hydroxylamine groups is 1. The van der Waals surface area contributed by atoms with Crippen molar-refractivity contribution in [2.45, 2.75) is 78.6 Å². The number of aryl methyl sites for hydroxylation is 2. The standard InChI is InChI=1S/C32H46N6O3/c1-4-14-38-23-26(28-10-9-24(3)19-29(28)38)13-15-36(5-2)22-25-11-16-37(17-12-25)32-33-20-27(21-34-32)31(39)35-41-30-8-6-7-18-40-30/h9-10,19-21,23,25,30H,4-8,11-18,22H2,1-3H3,(H,35,39). The summed E-state index contributed by atoms with van der Waals surface area (Å²) < 4.78 is 7.92. The fraction of sp³-hybridized carbons (Fsp3) is 0.594. The molecule has 2 aliphatic heterocycles. The minimum absolute atomic E-state index is 0.353. The van der Waals surface area contributed by atoms with Crippen LogP contribution in [0.15, 0.2) is 36.8 Å². The third-order valence-corrected chi connectivity index (χ3v) is 8.46. The van der Waals surface area contributed by atoms with Gasteiger partial charge in [0.05, 0.1) is 5.56 Å². The number of amides is 1.